The van der Waals surface area contributed by atoms with Crippen LogP contribution in [0.15, 0.2) is 0 Å². The van der Waals surface area contributed by atoms with Crippen molar-refractivity contribution in [3.63, 3.8) is 0 Å². The summed E-state index contributed by atoms with van der Waals surface area (Å²) in [6.45, 7) is 0.159. The first kappa shape index (κ1) is 17.5. The first-order chi connectivity index (χ1) is 8.07. The second kappa shape index (κ2) is 7.18. The van der Waals surface area contributed by atoms with Crippen LogP contribution in [0.3, 0.4) is 0 Å². The fraction of sp³-hybridized carbons (Fsp3) is 0.889. The van der Waals surface area contributed by atoms with Crippen molar-refractivity contribution in [1.82, 2.24) is 0 Å². The Morgan fingerprint density at radius 1 is 1.39 bits per heavy atom. The predicted octanol–water partition coefficient (Wildman–Crippen LogP) is -0.673. The normalized spacial score (nSPS) is 17.0. The van der Waals surface area contributed by atoms with E-state index in [-0.39, 0.29) is 6.61 Å². The highest BCUT2D eigenvalue weighted by Crippen LogP contribution is 2.42. The Morgan fingerprint density at radius 3 is 2.39 bits per heavy atom. The van der Waals surface area contributed by atoms with E-state index in [0.29, 0.717) is 11.0 Å². The molecular formula is C9H22N2O6P+. The van der Waals surface area contributed by atoms with Crippen LogP contribution >= 0.6 is 7.82 Å². The fourth-order valence-electron chi connectivity index (χ4n) is 0.861. The van der Waals surface area contributed by atoms with E-state index in [9.17, 15) is 14.3 Å². The Balaban J connectivity index is 4.01. The summed E-state index contributed by atoms with van der Waals surface area (Å²) in [5, 5.41) is 0. The molecule has 0 saturated heterocycles. The number of likely N-dealkylation sites (N-methyl/N-ethyl adjacent to an activating group) is 1. The van der Waals surface area contributed by atoms with E-state index < -0.39 is 26.4 Å². The molecule has 0 aliphatic heterocycles. The summed E-state index contributed by atoms with van der Waals surface area (Å²) in [4.78, 5) is 20.2. The highest BCUT2D eigenvalue weighted by molar-refractivity contribution is 7.47. The maximum absolute atomic E-state index is 11.4. The van der Waals surface area contributed by atoms with Gasteiger partial charge in [0.15, 0.2) is 0 Å². The Morgan fingerprint density at radius 2 is 1.94 bits per heavy atom. The molecule has 0 rings (SSSR count). The van der Waals surface area contributed by atoms with Crippen LogP contribution in [0.5, 0.6) is 0 Å². The summed E-state index contributed by atoms with van der Waals surface area (Å²) >= 11 is 0. The number of phosphoric acid groups is 1. The maximum atomic E-state index is 11.4. The molecule has 3 N–H and O–H groups in total. The molecule has 0 aromatic rings. The van der Waals surface area contributed by atoms with Gasteiger partial charge in [0.05, 0.1) is 34.9 Å². The molecule has 2 unspecified atom stereocenters. The van der Waals surface area contributed by atoms with Crippen molar-refractivity contribution in [1.29, 1.82) is 0 Å². The van der Waals surface area contributed by atoms with Crippen LogP contribution < -0.4 is 5.73 Å². The monoisotopic (exact) mass is 285 g/mol. The Kier molecular flexibility index (Phi) is 6.98. The van der Waals surface area contributed by atoms with E-state index in [1.165, 1.54) is 7.11 Å². The lowest BCUT2D eigenvalue weighted by molar-refractivity contribution is -0.870. The van der Waals surface area contributed by atoms with Gasteiger partial charge in [-0.1, -0.05) is 0 Å². The quantitative estimate of drug-likeness (QED) is 0.346. The van der Waals surface area contributed by atoms with Crippen LogP contribution in [0, 0.1) is 0 Å². The Hall–Kier alpha value is -0.500. The molecule has 9 heteroatoms. The highest BCUT2D eigenvalue weighted by atomic mass is 31.2. The van der Waals surface area contributed by atoms with Crippen LogP contribution in [0.2, 0.25) is 0 Å². The SMILES string of the molecule is COC(=O)C(N)COP(=O)(O)OCC[N+](C)(C)C. The molecule has 8 nitrogen and oxygen atoms in total. The standard InChI is InChI=1S/C9H21N2O6P/c1-11(2,3)5-6-16-18(13,14)17-7-8(10)9(12)15-4/h8H,5-7,10H2,1-4H3/p+1. The lowest BCUT2D eigenvalue weighted by Crippen LogP contribution is -2.37. The smallest absolute Gasteiger partial charge is 0.468 e. The van der Waals surface area contributed by atoms with Gasteiger partial charge in [-0.3, -0.25) is 13.8 Å². The second-order valence-electron chi connectivity index (χ2n) is 4.74. The number of methoxy groups -OCH3 is 1. The van der Waals surface area contributed by atoms with E-state index in [4.69, 9.17) is 10.3 Å². The van der Waals surface area contributed by atoms with Gasteiger partial charge in [0.2, 0.25) is 0 Å². The van der Waals surface area contributed by atoms with Crippen LogP contribution in [0.1, 0.15) is 0 Å². The van der Waals surface area contributed by atoms with E-state index >= 15 is 0 Å². The zero-order chi connectivity index (χ0) is 14.4. The van der Waals surface area contributed by atoms with Gasteiger partial charge in [-0.05, 0) is 0 Å². The molecule has 0 aliphatic carbocycles. The van der Waals surface area contributed by atoms with Gasteiger partial charge in [-0.25, -0.2) is 4.57 Å². The number of phosphoric ester groups is 1. The first-order valence-corrected chi connectivity index (χ1v) is 6.83. The van der Waals surface area contributed by atoms with Gasteiger partial charge < -0.3 is 19.8 Å². The fourth-order valence-corrected chi connectivity index (χ4v) is 1.60. The zero-order valence-corrected chi connectivity index (χ0v) is 12.1. The number of ether oxygens (including phenoxy) is 1. The molecule has 0 radical (unpaired) electrons. The van der Waals surface area contributed by atoms with E-state index in [2.05, 4.69) is 9.26 Å². The van der Waals surface area contributed by atoms with Crippen molar-refractivity contribution in [3.05, 3.63) is 0 Å². The van der Waals surface area contributed by atoms with Gasteiger partial charge in [-0.15, -0.1) is 0 Å². The maximum Gasteiger partial charge on any atom is 0.472 e. The molecule has 0 aliphatic rings. The molecule has 18 heavy (non-hydrogen) atoms. The predicted molar refractivity (Wildman–Crippen MR) is 64.6 cm³/mol. The molecule has 108 valence electrons. The minimum Gasteiger partial charge on any atom is -0.468 e. The van der Waals surface area contributed by atoms with Crippen LogP contribution in [-0.4, -0.2) is 69.4 Å². The molecular weight excluding hydrogens is 263 g/mol. The molecule has 0 heterocycles. The molecule has 0 spiro atoms. The minimum absolute atomic E-state index is 0.0603. The topological polar surface area (TPSA) is 108 Å². The number of carbonyl (C=O) groups excluding carboxylic acids is 1. The van der Waals surface area contributed by atoms with Gasteiger partial charge in [-0.2, -0.15) is 0 Å². The lowest BCUT2D eigenvalue weighted by atomic mass is 10.3. The van der Waals surface area contributed by atoms with E-state index in [0.717, 1.165) is 0 Å². The molecule has 0 aromatic heterocycles. The minimum atomic E-state index is -4.18. The van der Waals surface area contributed by atoms with Gasteiger partial charge >= 0.3 is 13.8 Å². The summed E-state index contributed by atoms with van der Waals surface area (Å²) in [7, 11) is 2.73. The first-order valence-electron chi connectivity index (χ1n) is 5.33. The number of esters is 1. The van der Waals surface area contributed by atoms with Crippen molar-refractivity contribution in [2.24, 2.45) is 5.73 Å². The molecule has 0 amide bonds. The number of hydrogen-bond acceptors (Lipinski definition) is 6. The number of rotatable bonds is 8. The third kappa shape index (κ3) is 8.57. The lowest BCUT2D eigenvalue weighted by Gasteiger charge is -2.24. The van der Waals surface area contributed by atoms with E-state index in [1.54, 1.807) is 0 Å². The summed E-state index contributed by atoms with van der Waals surface area (Å²) in [6, 6.07) is -1.11. The number of quaternary nitrogens is 1. The summed E-state index contributed by atoms with van der Waals surface area (Å²) < 4.78 is 25.7. The average molecular weight is 285 g/mol. The zero-order valence-electron chi connectivity index (χ0n) is 11.2. The van der Waals surface area contributed by atoms with Gasteiger partial charge in [0, 0.05) is 0 Å². The van der Waals surface area contributed by atoms with Crippen molar-refractivity contribution < 1.29 is 32.5 Å². The van der Waals surface area contributed by atoms with Crippen LogP contribution in [0.4, 0.5) is 0 Å². The largest absolute Gasteiger partial charge is 0.472 e. The summed E-state index contributed by atoms with van der Waals surface area (Å²) in [5.74, 6) is -0.721. The van der Waals surface area contributed by atoms with Gasteiger partial charge in [0.25, 0.3) is 0 Å². The summed E-state index contributed by atoms with van der Waals surface area (Å²) in [5.41, 5.74) is 5.34. The van der Waals surface area contributed by atoms with Crippen molar-refractivity contribution in [2.75, 3.05) is 48.0 Å². The molecule has 0 saturated carbocycles. The van der Waals surface area contributed by atoms with Crippen molar-refractivity contribution in [2.45, 2.75) is 6.04 Å². The van der Waals surface area contributed by atoms with Gasteiger partial charge in [0.1, 0.15) is 19.2 Å². The third-order valence-electron chi connectivity index (χ3n) is 1.94. The van der Waals surface area contributed by atoms with Crippen molar-refractivity contribution in [3.8, 4) is 0 Å². The average Bonchev–Trinajstić information content (AvgIpc) is 2.22. The molecule has 2 atom stereocenters. The highest BCUT2D eigenvalue weighted by Gasteiger charge is 2.25. The Bertz CT molecular complexity index is 317. The van der Waals surface area contributed by atoms with E-state index in [1.807, 2.05) is 21.1 Å². The second-order valence-corrected chi connectivity index (χ2v) is 6.19. The number of carbonyl (C=O) groups is 1. The number of nitrogens with zero attached hydrogens (tertiary/aromatic N) is 1. The van der Waals surface area contributed by atoms with Crippen LogP contribution in [-0.2, 0) is 23.1 Å². The van der Waals surface area contributed by atoms with Crippen LogP contribution in [0.25, 0.3) is 0 Å². The summed E-state index contributed by atoms with van der Waals surface area (Å²) in [6.07, 6.45) is 0. The molecule has 0 aromatic carbocycles. The third-order valence-corrected chi connectivity index (χ3v) is 2.92. The van der Waals surface area contributed by atoms with Crippen molar-refractivity contribution >= 4 is 13.8 Å². The number of hydrogen-bond donors (Lipinski definition) is 2. The molecule has 0 fully saturated rings. The number of nitrogens with two attached hydrogens (primary N) is 1. The Labute approximate surface area is 107 Å². The molecule has 0 bridgehead atoms.